The van der Waals surface area contributed by atoms with Crippen LogP contribution >= 0.6 is 34.4 Å². The van der Waals surface area contributed by atoms with Crippen LogP contribution in [-0.2, 0) is 25.8 Å². The van der Waals surface area contributed by atoms with E-state index in [-0.39, 0.29) is 34.5 Å². The number of oxime groups is 1. The van der Waals surface area contributed by atoms with Gasteiger partial charge in [0.05, 0.1) is 16.4 Å². The highest BCUT2D eigenvalue weighted by Crippen LogP contribution is 2.40. The number of β-lactam (4-membered cyclic amide) rings is 1. The minimum absolute atomic E-state index is 0.162. The van der Waals surface area contributed by atoms with Crippen molar-refractivity contribution in [3.05, 3.63) is 45.8 Å². The normalized spacial score (nSPS) is 19.4. The second-order valence-corrected chi connectivity index (χ2v) is 10.9. The Labute approximate surface area is 220 Å². The molecule has 1 fully saturated rings. The number of nitrogens with one attached hydrogen (secondary N) is 1. The monoisotopic (exact) mass is 559 g/mol. The molecule has 0 spiro atoms. The van der Waals surface area contributed by atoms with Crippen LogP contribution in [0.2, 0.25) is 0 Å². The molecular weight excluding hydrogens is 542 g/mol. The molecule has 3 aromatic heterocycles. The number of carboxylic acid groups (broad SMARTS) is 1. The van der Waals surface area contributed by atoms with Crippen LogP contribution < -0.4 is 20.7 Å². The van der Waals surface area contributed by atoms with Gasteiger partial charge in [-0.2, -0.15) is 4.57 Å². The van der Waals surface area contributed by atoms with Crippen molar-refractivity contribution in [2.45, 2.75) is 18.0 Å². The Hall–Kier alpha value is -3.89. The maximum Gasteiger partial charge on any atom is 0.276 e. The fourth-order valence-corrected chi connectivity index (χ4v) is 6.63. The number of carboxylic acids is 1. The molecule has 0 aliphatic carbocycles. The van der Waals surface area contributed by atoms with Gasteiger partial charge in [0.2, 0.25) is 0 Å². The molecule has 5 heterocycles. The Morgan fingerprint density at radius 1 is 1.43 bits per heavy atom. The lowest BCUT2D eigenvalue weighted by molar-refractivity contribution is -0.687. The molecule has 0 radical (unpaired) electrons. The van der Waals surface area contributed by atoms with Gasteiger partial charge < -0.3 is 25.8 Å². The summed E-state index contributed by atoms with van der Waals surface area (Å²) in [5, 5.41) is 19.8. The number of hydrogen-bond acceptors (Lipinski definition) is 13. The van der Waals surface area contributed by atoms with Crippen molar-refractivity contribution in [1.82, 2.24) is 20.2 Å². The van der Waals surface area contributed by atoms with Crippen LogP contribution in [0.3, 0.4) is 0 Å². The number of nitrogens with two attached hydrogens (primary N) is 1. The molecular formula is C21H17N7O6S3. The SMILES string of the molecule is CO/N=C(\C(=O)NC1C(=O)N2C(C(=O)[O-])=C(C[n+]3ccc4sc(C=O)nc4c3)CS[C@@H]12)c1csc(N)n1. The number of nitrogens with zero attached hydrogens (tertiary/aromatic N) is 5. The van der Waals surface area contributed by atoms with E-state index in [4.69, 9.17) is 10.6 Å². The van der Waals surface area contributed by atoms with Gasteiger partial charge >= 0.3 is 0 Å². The van der Waals surface area contributed by atoms with E-state index in [1.807, 2.05) is 0 Å². The summed E-state index contributed by atoms with van der Waals surface area (Å²) < 4.78 is 2.55. The molecule has 1 saturated heterocycles. The standard InChI is InChI=1S/C21H17N7O6S3/c1-34-26-14(11-8-36-21(22)24-11)17(30)25-15-18(31)28-16(20(32)33)9(7-35-19(15)28)4-27-3-2-12-10(5-27)23-13(6-29)37-12/h2-3,5-6,8,15,19H,4,7H2,1H3,(H3-,22,24,25,30,32,33)/b26-14-/t15?,19-/m0/s1. The van der Waals surface area contributed by atoms with Gasteiger partial charge in [-0.05, 0) is 0 Å². The number of aldehydes is 1. The number of pyridine rings is 1. The van der Waals surface area contributed by atoms with Crippen molar-refractivity contribution in [3.63, 3.8) is 0 Å². The Kier molecular flexibility index (Phi) is 6.61. The zero-order chi connectivity index (χ0) is 26.3. The highest BCUT2D eigenvalue weighted by molar-refractivity contribution is 8.00. The van der Waals surface area contributed by atoms with Gasteiger partial charge in [0.25, 0.3) is 11.8 Å². The number of hydrogen-bond donors (Lipinski definition) is 2. The van der Waals surface area contributed by atoms with Crippen LogP contribution in [0.5, 0.6) is 0 Å². The fraction of sp³-hybridized carbons (Fsp3) is 0.238. The second kappa shape index (κ2) is 9.87. The lowest BCUT2D eigenvalue weighted by Gasteiger charge is -2.50. The Bertz CT molecular complexity index is 1510. The van der Waals surface area contributed by atoms with Crippen LogP contribution in [0.25, 0.3) is 10.2 Å². The predicted octanol–water partition coefficient (Wildman–Crippen LogP) is -1.11. The van der Waals surface area contributed by atoms with Gasteiger partial charge in [0, 0.05) is 22.8 Å². The third-order valence-corrected chi connectivity index (χ3v) is 8.54. The van der Waals surface area contributed by atoms with E-state index in [2.05, 4.69) is 20.4 Å². The smallest absolute Gasteiger partial charge is 0.276 e. The third kappa shape index (κ3) is 4.54. The number of rotatable bonds is 8. The summed E-state index contributed by atoms with van der Waals surface area (Å²) in [7, 11) is 1.26. The largest absolute Gasteiger partial charge is 0.543 e. The van der Waals surface area contributed by atoms with E-state index < -0.39 is 29.2 Å². The first kappa shape index (κ1) is 24.8. The average molecular weight is 560 g/mol. The lowest BCUT2D eigenvalue weighted by atomic mass is 10.0. The average Bonchev–Trinajstić information content (AvgIpc) is 3.50. The number of amides is 2. The zero-order valence-corrected chi connectivity index (χ0v) is 21.4. The molecule has 2 atom stereocenters. The first-order valence-electron chi connectivity index (χ1n) is 10.6. The summed E-state index contributed by atoms with van der Waals surface area (Å²) in [5.74, 6) is -2.51. The van der Waals surface area contributed by atoms with Crippen LogP contribution in [0, 0.1) is 0 Å². The molecule has 0 aromatic carbocycles. The third-order valence-electron chi connectivity index (χ3n) is 5.57. The Morgan fingerprint density at radius 2 is 2.24 bits per heavy atom. The number of carbonyl (C=O) groups is 4. The number of carbonyl (C=O) groups excluding carboxylic acids is 4. The number of thioether (sulfide) groups is 1. The van der Waals surface area contributed by atoms with Gasteiger partial charge in [0.15, 0.2) is 41.1 Å². The van der Waals surface area contributed by atoms with Crippen molar-refractivity contribution < 1.29 is 33.7 Å². The molecule has 0 bridgehead atoms. The maximum absolute atomic E-state index is 13.0. The van der Waals surface area contributed by atoms with Gasteiger partial charge in [-0.1, -0.05) is 5.16 Å². The van der Waals surface area contributed by atoms with Crippen molar-refractivity contribution in [2.24, 2.45) is 5.16 Å². The highest BCUT2D eigenvalue weighted by atomic mass is 32.2. The number of fused-ring (bicyclic) bond motifs is 2. The van der Waals surface area contributed by atoms with Crippen molar-refractivity contribution in [1.29, 1.82) is 0 Å². The summed E-state index contributed by atoms with van der Waals surface area (Å²) in [6.07, 6.45) is 4.12. The quantitative estimate of drug-likeness (QED) is 0.113. The highest BCUT2D eigenvalue weighted by Gasteiger charge is 2.53. The fourth-order valence-electron chi connectivity index (χ4n) is 4.00. The van der Waals surface area contributed by atoms with Gasteiger partial charge in [-0.25, -0.2) is 9.97 Å². The van der Waals surface area contributed by atoms with Crippen LogP contribution in [0.1, 0.15) is 15.5 Å². The summed E-state index contributed by atoms with van der Waals surface area (Å²) in [6, 6.07) is 0.806. The molecule has 3 aromatic rings. The van der Waals surface area contributed by atoms with Crippen LogP contribution in [0.15, 0.2) is 40.3 Å². The first-order valence-corrected chi connectivity index (χ1v) is 13.3. The number of anilines is 1. The molecule has 16 heteroatoms. The summed E-state index contributed by atoms with van der Waals surface area (Å²) >= 11 is 3.68. The number of aliphatic carboxylic acids is 1. The van der Waals surface area contributed by atoms with E-state index in [1.165, 1.54) is 35.6 Å². The van der Waals surface area contributed by atoms with E-state index in [1.54, 1.807) is 23.0 Å². The summed E-state index contributed by atoms with van der Waals surface area (Å²) in [6.45, 7) is 0.170. The Morgan fingerprint density at radius 3 is 2.92 bits per heavy atom. The molecule has 5 rings (SSSR count). The van der Waals surface area contributed by atoms with Gasteiger partial charge in [0.1, 0.15) is 29.7 Å². The van der Waals surface area contributed by atoms with E-state index >= 15 is 0 Å². The summed E-state index contributed by atoms with van der Waals surface area (Å²) in [4.78, 5) is 63.1. The maximum atomic E-state index is 13.0. The van der Waals surface area contributed by atoms with Gasteiger partial charge in [-0.3, -0.25) is 19.3 Å². The van der Waals surface area contributed by atoms with Crippen molar-refractivity contribution in [2.75, 3.05) is 18.6 Å². The predicted molar refractivity (Wildman–Crippen MR) is 132 cm³/mol. The van der Waals surface area contributed by atoms with Crippen molar-refractivity contribution in [3.8, 4) is 0 Å². The molecule has 37 heavy (non-hydrogen) atoms. The Balaban J connectivity index is 1.36. The van der Waals surface area contributed by atoms with Crippen molar-refractivity contribution >= 4 is 79.6 Å². The lowest BCUT2D eigenvalue weighted by Crippen LogP contribution is -2.71. The molecule has 3 N–H and O–H groups in total. The zero-order valence-electron chi connectivity index (χ0n) is 18.9. The molecule has 190 valence electrons. The van der Waals surface area contributed by atoms with Crippen LogP contribution in [0.4, 0.5) is 5.13 Å². The van der Waals surface area contributed by atoms with E-state index in [9.17, 15) is 24.3 Å². The number of nitrogen functional groups attached to an aromatic ring is 1. The van der Waals surface area contributed by atoms with E-state index in [0.29, 0.717) is 22.4 Å². The number of thiazole rings is 2. The summed E-state index contributed by atoms with van der Waals surface area (Å²) in [5.41, 5.74) is 6.51. The first-order chi connectivity index (χ1) is 17.8. The molecule has 2 aliphatic heterocycles. The number of aromatic nitrogens is 3. The van der Waals surface area contributed by atoms with E-state index in [0.717, 1.165) is 20.9 Å². The minimum Gasteiger partial charge on any atom is -0.543 e. The second-order valence-electron chi connectivity index (χ2n) is 7.83. The minimum atomic E-state index is -1.49. The van der Waals surface area contributed by atoms with Crippen LogP contribution in [-0.4, -0.2) is 68.9 Å². The molecule has 2 aliphatic rings. The topological polar surface area (TPSA) is 184 Å². The molecule has 1 unspecified atom stereocenters. The molecule has 0 saturated carbocycles. The molecule has 13 nitrogen and oxygen atoms in total. The molecule has 2 amide bonds. The van der Waals surface area contributed by atoms with Gasteiger partial charge in [-0.15, -0.1) is 34.4 Å².